The minimum absolute atomic E-state index is 0.216. The van der Waals surface area contributed by atoms with Crippen molar-refractivity contribution in [2.24, 2.45) is 0 Å². The molecule has 0 atom stereocenters. The molecule has 9 nitrogen and oxygen atoms in total. The first-order chi connectivity index (χ1) is 12.0. The number of amides is 1. The first kappa shape index (κ1) is 16.5. The molecule has 0 unspecified atom stereocenters. The molecule has 2 heterocycles. The highest BCUT2D eigenvalue weighted by Crippen LogP contribution is 2.11. The van der Waals surface area contributed by atoms with Gasteiger partial charge in [0.2, 0.25) is 0 Å². The van der Waals surface area contributed by atoms with E-state index in [1.165, 1.54) is 11.0 Å². The Hall–Kier alpha value is -3.36. The van der Waals surface area contributed by atoms with Gasteiger partial charge >= 0.3 is 0 Å². The summed E-state index contributed by atoms with van der Waals surface area (Å²) in [4.78, 5) is 23.1. The van der Waals surface area contributed by atoms with Crippen LogP contribution in [-0.4, -0.2) is 50.2 Å². The van der Waals surface area contributed by atoms with Gasteiger partial charge in [-0.1, -0.05) is 6.07 Å². The normalized spacial score (nSPS) is 10.5. The molecule has 9 heteroatoms. The molecule has 3 aromatic rings. The number of aryl methyl sites for hydroxylation is 1. The topological polar surface area (TPSA) is 102 Å². The molecule has 1 N–H and O–H groups in total. The molecule has 0 radical (unpaired) electrons. The minimum Gasteiger partial charge on any atom is -0.363 e. The summed E-state index contributed by atoms with van der Waals surface area (Å²) in [5.41, 5.74) is 2.07. The number of tetrazole rings is 1. The fourth-order valence-electron chi connectivity index (χ4n) is 2.25. The first-order valence-electron chi connectivity index (χ1n) is 7.66. The van der Waals surface area contributed by atoms with Crippen LogP contribution in [0.15, 0.2) is 36.7 Å². The molecule has 128 valence electrons. The molecule has 0 saturated carbocycles. The Morgan fingerprint density at radius 3 is 2.80 bits per heavy atom. The number of aromatic nitrogens is 6. The number of rotatable bonds is 5. The van der Waals surface area contributed by atoms with Crippen LogP contribution in [0.1, 0.15) is 21.9 Å². The number of nitrogens with zero attached hydrogens (tertiary/aromatic N) is 7. The lowest BCUT2D eigenvalue weighted by atomic mass is 10.2. The third-order valence-electron chi connectivity index (χ3n) is 3.47. The molecule has 0 aliphatic rings. The van der Waals surface area contributed by atoms with Gasteiger partial charge in [-0.2, -0.15) is 0 Å². The van der Waals surface area contributed by atoms with E-state index in [9.17, 15) is 4.79 Å². The quantitative estimate of drug-likeness (QED) is 0.732. The fourth-order valence-corrected chi connectivity index (χ4v) is 2.25. The summed E-state index contributed by atoms with van der Waals surface area (Å²) in [7, 11) is 3.82. The average Bonchev–Trinajstić information content (AvgIpc) is 3.14. The molecule has 0 saturated heterocycles. The molecule has 1 amide bonds. The van der Waals surface area contributed by atoms with Crippen LogP contribution in [0.5, 0.6) is 0 Å². The van der Waals surface area contributed by atoms with Crippen molar-refractivity contribution < 1.29 is 4.79 Å². The van der Waals surface area contributed by atoms with Gasteiger partial charge in [0.1, 0.15) is 18.0 Å². The van der Waals surface area contributed by atoms with Crippen molar-refractivity contribution in [1.29, 1.82) is 0 Å². The minimum atomic E-state index is -0.216. The van der Waals surface area contributed by atoms with Crippen molar-refractivity contribution in [3.63, 3.8) is 0 Å². The van der Waals surface area contributed by atoms with Crippen LogP contribution in [-0.2, 0) is 6.54 Å². The number of carbonyl (C=O) groups is 1. The monoisotopic (exact) mass is 338 g/mol. The zero-order valence-corrected chi connectivity index (χ0v) is 14.2. The van der Waals surface area contributed by atoms with Crippen LogP contribution < -0.4 is 10.2 Å². The molecule has 0 aliphatic carbocycles. The highest BCUT2D eigenvalue weighted by atomic mass is 16.1. The predicted molar refractivity (Wildman–Crippen MR) is 91.4 cm³/mol. The maximum absolute atomic E-state index is 12.4. The van der Waals surface area contributed by atoms with Gasteiger partial charge in [0.25, 0.3) is 5.91 Å². The van der Waals surface area contributed by atoms with Gasteiger partial charge in [-0.3, -0.25) is 4.79 Å². The smallest absolute Gasteiger partial charge is 0.251 e. The van der Waals surface area contributed by atoms with Gasteiger partial charge < -0.3 is 10.2 Å². The Kier molecular flexibility index (Phi) is 4.64. The Morgan fingerprint density at radius 1 is 1.24 bits per heavy atom. The average molecular weight is 338 g/mol. The molecule has 2 aromatic heterocycles. The zero-order chi connectivity index (χ0) is 17.8. The highest BCUT2D eigenvalue weighted by Gasteiger charge is 2.10. The molecule has 0 fully saturated rings. The van der Waals surface area contributed by atoms with Gasteiger partial charge in [0, 0.05) is 31.4 Å². The molecule has 3 rings (SSSR count). The predicted octanol–water partition coefficient (Wildman–Crippen LogP) is 0.757. The van der Waals surface area contributed by atoms with E-state index in [1.54, 1.807) is 18.2 Å². The van der Waals surface area contributed by atoms with Crippen molar-refractivity contribution in [2.45, 2.75) is 13.5 Å². The maximum atomic E-state index is 12.4. The third-order valence-corrected chi connectivity index (χ3v) is 3.47. The summed E-state index contributed by atoms with van der Waals surface area (Å²) in [5.74, 6) is 1.15. The Labute approximate surface area is 144 Å². The van der Waals surface area contributed by atoms with Crippen molar-refractivity contribution in [2.75, 3.05) is 19.0 Å². The zero-order valence-electron chi connectivity index (χ0n) is 14.2. The number of benzene rings is 1. The Bertz CT molecular complexity index is 876. The summed E-state index contributed by atoms with van der Waals surface area (Å²) in [5, 5.41) is 13.8. The van der Waals surface area contributed by atoms with Crippen LogP contribution in [0.4, 0.5) is 5.82 Å². The van der Waals surface area contributed by atoms with Gasteiger partial charge in [-0.25, -0.2) is 14.6 Å². The molecule has 0 aliphatic heterocycles. The van der Waals surface area contributed by atoms with Crippen LogP contribution in [0.2, 0.25) is 0 Å². The lowest BCUT2D eigenvalue weighted by Crippen LogP contribution is -2.25. The van der Waals surface area contributed by atoms with E-state index in [-0.39, 0.29) is 12.5 Å². The number of carbonyl (C=O) groups excluding carboxylic acids is 1. The molecular formula is C16H18N8O. The van der Waals surface area contributed by atoms with E-state index < -0.39 is 0 Å². The maximum Gasteiger partial charge on any atom is 0.251 e. The number of hydrogen-bond donors (Lipinski definition) is 1. The molecule has 0 spiro atoms. The molecule has 25 heavy (non-hydrogen) atoms. The van der Waals surface area contributed by atoms with E-state index in [2.05, 4.69) is 30.8 Å². The molecule has 0 bridgehead atoms. The highest BCUT2D eigenvalue weighted by molar-refractivity contribution is 5.94. The second-order valence-corrected chi connectivity index (χ2v) is 5.67. The van der Waals surface area contributed by atoms with Gasteiger partial charge in [-0.05, 0) is 35.5 Å². The largest absolute Gasteiger partial charge is 0.363 e. The van der Waals surface area contributed by atoms with Crippen LogP contribution in [0, 0.1) is 6.92 Å². The summed E-state index contributed by atoms with van der Waals surface area (Å²) < 4.78 is 1.49. The van der Waals surface area contributed by atoms with Gasteiger partial charge in [0.15, 0.2) is 0 Å². The van der Waals surface area contributed by atoms with Crippen molar-refractivity contribution in [1.82, 2.24) is 35.5 Å². The summed E-state index contributed by atoms with van der Waals surface area (Å²) >= 11 is 0. The van der Waals surface area contributed by atoms with Crippen LogP contribution in [0.25, 0.3) is 5.69 Å². The SMILES string of the molecule is Cc1cc(N(C)C)nc(CNC(=O)c2cccc(-n3cnnn3)c2)n1. The standard InChI is InChI=1S/C16H18N8O/c1-11-7-15(23(2)3)20-14(19-11)9-17-16(25)12-5-4-6-13(8-12)24-10-18-21-22-24/h4-8,10H,9H2,1-3H3,(H,17,25). The second-order valence-electron chi connectivity index (χ2n) is 5.67. The van der Waals surface area contributed by atoms with E-state index >= 15 is 0 Å². The Balaban J connectivity index is 1.72. The third kappa shape index (κ3) is 3.94. The molecular weight excluding hydrogens is 320 g/mol. The molecule has 1 aromatic carbocycles. The van der Waals surface area contributed by atoms with Gasteiger partial charge in [-0.15, -0.1) is 5.10 Å². The lowest BCUT2D eigenvalue weighted by molar-refractivity contribution is 0.0950. The van der Waals surface area contributed by atoms with E-state index in [0.717, 1.165) is 11.5 Å². The first-order valence-corrected chi connectivity index (χ1v) is 7.66. The number of nitrogens with one attached hydrogen (secondary N) is 1. The van der Waals surface area contributed by atoms with E-state index in [1.807, 2.05) is 38.1 Å². The van der Waals surface area contributed by atoms with E-state index in [4.69, 9.17) is 0 Å². The lowest BCUT2D eigenvalue weighted by Gasteiger charge is -2.13. The van der Waals surface area contributed by atoms with Crippen molar-refractivity contribution in [3.8, 4) is 5.69 Å². The van der Waals surface area contributed by atoms with Crippen molar-refractivity contribution >= 4 is 11.7 Å². The fraction of sp³-hybridized carbons (Fsp3) is 0.250. The van der Waals surface area contributed by atoms with E-state index in [0.29, 0.717) is 17.1 Å². The second kappa shape index (κ2) is 7.04. The van der Waals surface area contributed by atoms with Crippen LogP contribution >= 0.6 is 0 Å². The summed E-state index contributed by atoms with van der Waals surface area (Å²) in [6, 6.07) is 8.93. The van der Waals surface area contributed by atoms with Crippen LogP contribution in [0.3, 0.4) is 0 Å². The number of anilines is 1. The summed E-state index contributed by atoms with van der Waals surface area (Å²) in [6.45, 7) is 2.14. The Morgan fingerprint density at radius 2 is 2.08 bits per heavy atom. The van der Waals surface area contributed by atoms with Crippen molar-refractivity contribution in [3.05, 3.63) is 53.7 Å². The number of hydrogen-bond acceptors (Lipinski definition) is 7. The summed E-state index contributed by atoms with van der Waals surface area (Å²) in [6.07, 6.45) is 1.47. The van der Waals surface area contributed by atoms with Gasteiger partial charge in [0.05, 0.1) is 12.2 Å².